The molecule has 0 unspecified atom stereocenters. The molecule has 2 aliphatic rings. The smallest absolute Gasteiger partial charge is 0.129 e. The van der Waals surface area contributed by atoms with Gasteiger partial charge in [-0.2, -0.15) is 0 Å². The highest BCUT2D eigenvalue weighted by Gasteiger charge is 2.31. The monoisotopic (exact) mass is 249 g/mol. The SMILES string of the molecule is Cc1nncn1CCN1CC(N2CCCCC2)C1. The van der Waals surface area contributed by atoms with E-state index in [-0.39, 0.29) is 0 Å². The van der Waals surface area contributed by atoms with Crippen LogP contribution in [-0.4, -0.2) is 63.3 Å². The Bertz CT molecular complexity index is 376. The average molecular weight is 249 g/mol. The van der Waals surface area contributed by atoms with Crippen LogP contribution in [-0.2, 0) is 6.54 Å². The molecule has 1 aromatic rings. The van der Waals surface area contributed by atoms with Gasteiger partial charge in [-0.1, -0.05) is 6.42 Å². The van der Waals surface area contributed by atoms with E-state index in [2.05, 4.69) is 24.6 Å². The topological polar surface area (TPSA) is 37.2 Å². The van der Waals surface area contributed by atoms with E-state index < -0.39 is 0 Å². The summed E-state index contributed by atoms with van der Waals surface area (Å²) in [5.74, 6) is 1.02. The minimum atomic E-state index is 0.826. The molecule has 0 radical (unpaired) electrons. The summed E-state index contributed by atoms with van der Waals surface area (Å²) in [6.07, 6.45) is 6.06. The van der Waals surface area contributed by atoms with Gasteiger partial charge in [0.2, 0.25) is 0 Å². The maximum atomic E-state index is 4.01. The minimum absolute atomic E-state index is 0.826. The molecule has 0 amide bonds. The Labute approximate surface area is 109 Å². The Hall–Kier alpha value is -0.940. The van der Waals surface area contributed by atoms with E-state index in [0.717, 1.165) is 25.0 Å². The number of aromatic nitrogens is 3. The quantitative estimate of drug-likeness (QED) is 0.789. The minimum Gasteiger partial charge on any atom is -0.317 e. The number of piperidine rings is 1. The standard InChI is InChI=1S/C13H23N5/c1-12-15-14-11-18(12)8-7-16-9-13(10-16)17-5-3-2-4-6-17/h11,13H,2-10H2,1H3. The normalized spacial score (nSPS) is 23.2. The van der Waals surface area contributed by atoms with Crippen molar-refractivity contribution in [3.05, 3.63) is 12.2 Å². The van der Waals surface area contributed by atoms with Crippen LogP contribution in [0, 0.1) is 6.92 Å². The molecule has 0 spiro atoms. The van der Waals surface area contributed by atoms with Gasteiger partial charge in [-0.05, 0) is 32.9 Å². The zero-order chi connectivity index (χ0) is 12.4. The first-order valence-corrected chi connectivity index (χ1v) is 7.14. The number of nitrogens with zero attached hydrogens (tertiary/aromatic N) is 5. The summed E-state index contributed by atoms with van der Waals surface area (Å²) in [6, 6.07) is 0.826. The lowest BCUT2D eigenvalue weighted by atomic mass is 10.0. The molecule has 2 saturated heterocycles. The van der Waals surface area contributed by atoms with Gasteiger partial charge in [0.05, 0.1) is 0 Å². The molecule has 2 aliphatic heterocycles. The summed E-state index contributed by atoms with van der Waals surface area (Å²) in [5, 5.41) is 7.93. The summed E-state index contributed by atoms with van der Waals surface area (Å²) in [7, 11) is 0. The van der Waals surface area contributed by atoms with Gasteiger partial charge in [-0.15, -0.1) is 10.2 Å². The number of aryl methyl sites for hydroxylation is 1. The van der Waals surface area contributed by atoms with E-state index in [9.17, 15) is 0 Å². The summed E-state index contributed by atoms with van der Waals surface area (Å²) in [5.41, 5.74) is 0. The van der Waals surface area contributed by atoms with Crippen molar-refractivity contribution in [2.45, 2.75) is 38.8 Å². The lowest BCUT2D eigenvalue weighted by molar-refractivity contribution is 0.0216. The molecule has 1 aromatic heterocycles. The van der Waals surface area contributed by atoms with Gasteiger partial charge < -0.3 is 4.57 Å². The van der Waals surface area contributed by atoms with Gasteiger partial charge in [0.1, 0.15) is 12.2 Å². The number of hydrogen-bond acceptors (Lipinski definition) is 4. The highest BCUT2D eigenvalue weighted by atomic mass is 15.3. The predicted octanol–water partition coefficient (Wildman–Crippen LogP) is 0.757. The van der Waals surface area contributed by atoms with E-state index in [1.165, 1.54) is 45.4 Å². The van der Waals surface area contributed by atoms with Crippen molar-refractivity contribution in [2.75, 3.05) is 32.7 Å². The summed E-state index contributed by atoms with van der Waals surface area (Å²) >= 11 is 0. The number of rotatable bonds is 4. The predicted molar refractivity (Wildman–Crippen MR) is 70.4 cm³/mol. The van der Waals surface area contributed by atoms with Crippen LogP contribution in [0.3, 0.4) is 0 Å². The van der Waals surface area contributed by atoms with Crippen molar-refractivity contribution in [1.29, 1.82) is 0 Å². The first-order chi connectivity index (χ1) is 8.83. The van der Waals surface area contributed by atoms with Gasteiger partial charge in [0.15, 0.2) is 0 Å². The first-order valence-electron chi connectivity index (χ1n) is 7.14. The highest BCUT2D eigenvalue weighted by molar-refractivity contribution is 4.89. The van der Waals surface area contributed by atoms with Crippen molar-refractivity contribution in [2.24, 2.45) is 0 Å². The molecule has 2 fully saturated rings. The van der Waals surface area contributed by atoms with Crippen molar-refractivity contribution in [1.82, 2.24) is 24.6 Å². The van der Waals surface area contributed by atoms with E-state index in [4.69, 9.17) is 0 Å². The van der Waals surface area contributed by atoms with Crippen LogP contribution in [0.15, 0.2) is 6.33 Å². The van der Waals surface area contributed by atoms with Crippen LogP contribution in [0.25, 0.3) is 0 Å². The molecular weight excluding hydrogens is 226 g/mol. The number of likely N-dealkylation sites (tertiary alicyclic amines) is 2. The zero-order valence-electron chi connectivity index (χ0n) is 11.3. The molecular formula is C13H23N5. The van der Waals surface area contributed by atoms with Gasteiger partial charge >= 0.3 is 0 Å². The Kier molecular flexibility index (Phi) is 3.61. The van der Waals surface area contributed by atoms with Crippen molar-refractivity contribution < 1.29 is 0 Å². The third-order valence-corrected chi connectivity index (χ3v) is 4.31. The van der Waals surface area contributed by atoms with Crippen molar-refractivity contribution in [3.63, 3.8) is 0 Å². The van der Waals surface area contributed by atoms with Crippen LogP contribution >= 0.6 is 0 Å². The largest absolute Gasteiger partial charge is 0.317 e. The summed E-state index contributed by atoms with van der Waals surface area (Å²) in [4.78, 5) is 5.22. The molecule has 18 heavy (non-hydrogen) atoms. The Morgan fingerprint density at radius 3 is 2.61 bits per heavy atom. The highest BCUT2D eigenvalue weighted by Crippen LogP contribution is 2.19. The maximum Gasteiger partial charge on any atom is 0.129 e. The summed E-state index contributed by atoms with van der Waals surface area (Å²) < 4.78 is 2.13. The molecule has 0 aromatic carbocycles. The lowest BCUT2D eigenvalue weighted by Crippen LogP contribution is -2.60. The van der Waals surface area contributed by atoms with Gasteiger partial charge in [0.25, 0.3) is 0 Å². The molecule has 3 heterocycles. The molecule has 5 heteroatoms. The van der Waals surface area contributed by atoms with Crippen LogP contribution < -0.4 is 0 Å². The third kappa shape index (κ3) is 2.57. The van der Waals surface area contributed by atoms with Gasteiger partial charge in [-0.3, -0.25) is 9.80 Å². The molecule has 5 nitrogen and oxygen atoms in total. The zero-order valence-corrected chi connectivity index (χ0v) is 11.3. The molecule has 100 valence electrons. The fourth-order valence-corrected chi connectivity index (χ4v) is 3.02. The molecule has 3 rings (SSSR count). The fraction of sp³-hybridized carbons (Fsp3) is 0.846. The average Bonchev–Trinajstić information content (AvgIpc) is 2.74. The summed E-state index contributed by atoms with van der Waals surface area (Å²) in [6.45, 7) is 9.31. The lowest BCUT2D eigenvalue weighted by Gasteiger charge is -2.46. The second-order valence-corrected chi connectivity index (χ2v) is 5.58. The second kappa shape index (κ2) is 5.36. The van der Waals surface area contributed by atoms with Crippen molar-refractivity contribution >= 4 is 0 Å². The van der Waals surface area contributed by atoms with Gasteiger partial charge in [0, 0.05) is 32.2 Å². The van der Waals surface area contributed by atoms with E-state index in [1.807, 2.05) is 13.3 Å². The third-order valence-electron chi connectivity index (χ3n) is 4.31. The molecule has 0 atom stereocenters. The first kappa shape index (κ1) is 12.1. The van der Waals surface area contributed by atoms with Crippen LogP contribution in [0.2, 0.25) is 0 Å². The van der Waals surface area contributed by atoms with E-state index in [0.29, 0.717) is 0 Å². The second-order valence-electron chi connectivity index (χ2n) is 5.58. The van der Waals surface area contributed by atoms with E-state index >= 15 is 0 Å². The van der Waals surface area contributed by atoms with Crippen LogP contribution in [0.5, 0.6) is 0 Å². The van der Waals surface area contributed by atoms with Crippen LogP contribution in [0.1, 0.15) is 25.1 Å². The Morgan fingerprint density at radius 2 is 1.94 bits per heavy atom. The molecule has 0 aliphatic carbocycles. The fourth-order valence-electron chi connectivity index (χ4n) is 3.02. The van der Waals surface area contributed by atoms with Gasteiger partial charge in [-0.25, -0.2) is 0 Å². The van der Waals surface area contributed by atoms with E-state index in [1.54, 1.807) is 0 Å². The molecule has 0 bridgehead atoms. The molecule has 0 N–H and O–H groups in total. The molecule has 0 saturated carbocycles. The van der Waals surface area contributed by atoms with Crippen molar-refractivity contribution in [3.8, 4) is 0 Å². The number of hydrogen-bond donors (Lipinski definition) is 0. The Balaban J connectivity index is 1.39. The Morgan fingerprint density at radius 1 is 1.17 bits per heavy atom. The van der Waals surface area contributed by atoms with Crippen LogP contribution in [0.4, 0.5) is 0 Å². The maximum absolute atomic E-state index is 4.01.